The highest BCUT2D eigenvalue weighted by molar-refractivity contribution is 5.39. The average molecular weight is 538 g/mol. The fourth-order valence-electron chi connectivity index (χ4n) is 5.77. The second-order valence-electron chi connectivity index (χ2n) is 11.5. The minimum atomic E-state index is -0.789. The number of morpholine rings is 1. The van der Waals surface area contributed by atoms with Crippen LogP contribution in [0, 0.1) is 0 Å². The molecular formula is C25H39N5O8. The van der Waals surface area contributed by atoms with Crippen molar-refractivity contribution in [1.29, 1.82) is 0 Å². The third-order valence-corrected chi connectivity index (χ3v) is 7.55. The molecule has 0 radical (unpaired) electrons. The molecule has 1 aliphatic carbocycles. The maximum Gasteiger partial charge on any atom is 0.323 e. The Labute approximate surface area is 222 Å². The van der Waals surface area contributed by atoms with Crippen LogP contribution < -0.4 is 15.0 Å². The van der Waals surface area contributed by atoms with Gasteiger partial charge in [-0.15, -0.1) is 0 Å². The number of nitrogens with one attached hydrogen (secondary N) is 1. The Bertz CT molecular complexity index is 985. The molecule has 13 heteroatoms. The van der Waals surface area contributed by atoms with Gasteiger partial charge in [0.15, 0.2) is 17.9 Å². The number of rotatable bonds is 6. The van der Waals surface area contributed by atoms with Crippen molar-refractivity contribution in [1.82, 2.24) is 15.0 Å². The topological polar surface area (TPSA) is 139 Å². The molecule has 4 aliphatic heterocycles. The number of anilines is 2. The molecule has 38 heavy (non-hydrogen) atoms. The molecule has 1 aromatic rings. The molecule has 2 N–H and O–H groups in total. The molecule has 5 fully saturated rings. The number of fused-ring (bicyclic) bond motifs is 3. The van der Waals surface area contributed by atoms with E-state index in [1.807, 2.05) is 27.7 Å². The maximum atomic E-state index is 9.87. The van der Waals surface area contributed by atoms with Gasteiger partial charge in [0, 0.05) is 19.1 Å². The average Bonchev–Trinajstić information content (AvgIpc) is 3.38. The minimum Gasteiger partial charge on any atom is -0.460 e. The molecule has 6 rings (SSSR count). The van der Waals surface area contributed by atoms with E-state index < -0.39 is 36.2 Å². The van der Waals surface area contributed by atoms with E-state index in [1.54, 1.807) is 0 Å². The van der Waals surface area contributed by atoms with Crippen molar-refractivity contribution in [2.24, 2.45) is 0 Å². The van der Waals surface area contributed by atoms with Crippen molar-refractivity contribution in [3.63, 3.8) is 0 Å². The lowest BCUT2D eigenvalue weighted by molar-refractivity contribution is -0.238. The van der Waals surface area contributed by atoms with Gasteiger partial charge in [-0.05, 0) is 53.4 Å². The molecule has 0 unspecified atom stereocenters. The Balaban J connectivity index is 1.19. The molecule has 5 atom stereocenters. The quantitative estimate of drug-likeness (QED) is 0.538. The van der Waals surface area contributed by atoms with E-state index in [0.717, 1.165) is 25.7 Å². The van der Waals surface area contributed by atoms with E-state index in [1.165, 1.54) is 0 Å². The van der Waals surface area contributed by atoms with Gasteiger partial charge in [-0.2, -0.15) is 15.0 Å². The summed E-state index contributed by atoms with van der Waals surface area (Å²) in [6.07, 6.45) is 0.726. The van der Waals surface area contributed by atoms with Crippen molar-refractivity contribution < 1.29 is 38.3 Å². The first-order valence-electron chi connectivity index (χ1n) is 13.7. The van der Waals surface area contributed by atoms with Gasteiger partial charge in [-0.25, -0.2) is 0 Å². The summed E-state index contributed by atoms with van der Waals surface area (Å²) in [4.78, 5) is 15.9. The van der Waals surface area contributed by atoms with Gasteiger partial charge in [-0.3, -0.25) is 0 Å². The molecule has 0 amide bonds. The zero-order valence-electron chi connectivity index (χ0n) is 22.5. The van der Waals surface area contributed by atoms with E-state index in [4.69, 9.17) is 33.2 Å². The molecule has 13 nitrogen and oxygen atoms in total. The van der Waals surface area contributed by atoms with Crippen molar-refractivity contribution in [3.05, 3.63) is 0 Å². The Kier molecular flexibility index (Phi) is 7.12. The summed E-state index contributed by atoms with van der Waals surface area (Å²) in [5, 5.41) is 13.3. The van der Waals surface area contributed by atoms with E-state index in [0.29, 0.717) is 38.2 Å². The molecule has 0 spiro atoms. The largest absolute Gasteiger partial charge is 0.460 e. The summed E-state index contributed by atoms with van der Waals surface area (Å²) in [7, 11) is 0. The zero-order chi connectivity index (χ0) is 26.5. The second kappa shape index (κ2) is 10.3. The maximum absolute atomic E-state index is 9.87. The third-order valence-electron chi connectivity index (χ3n) is 7.55. The molecule has 0 aromatic carbocycles. The number of aromatic nitrogens is 3. The summed E-state index contributed by atoms with van der Waals surface area (Å²) >= 11 is 0. The number of nitrogens with zero attached hydrogens (tertiary/aromatic N) is 4. The summed E-state index contributed by atoms with van der Waals surface area (Å²) < 4.78 is 42.4. The SMILES string of the molecule is CC1(C)O[C@H]2[C@@H](O1)[C@@H](COc1nc(NC3CCC(O)CC3)nc(N3CCOCC3)n1)O[C@@H]1OC(C)(C)O[C@@H]12. The number of aliphatic hydroxyl groups is 1. The van der Waals surface area contributed by atoms with Crippen LogP contribution in [-0.2, 0) is 28.4 Å². The van der Waals surface area contributed by atoms with Crippen LogP contribution in [0.3, 0.4) is 0 Å². The molecule has 0 bridgehead atoms. The minimum absolute atomic E-state index is 0.134. The Morgan fingerprint density at radius 1 is 0.895 bits per heavy atom. The van der Waals surface area contributed by atoms with Gasteiger partial charge in [0.2, 0.25) is 11.9 Å². The number of hydrogen-bond acceptors (Lipinski definition) is 13. The van der Waals surface area contributed by atoms with Crippen LogP contribution in [0.4, 0.5) is 11.9 Å². The van der Waals surface area contributed by atoms with E-state index in [2.05, 4.69) is 25.2 Å². The van der Waals surface area contributed by atoms with Crippen molar-refractivity contribution >= 4 is 11.9 Å². The van der Waals surface area contributed by atoms with Gasteiger partial charge in [0.1, 0.15) is 31.0 Å². The highest BCUT2D eigenvalue weighted by atomic mass is 16.9. The summed E-state index contributed by atoms with van der Waals surface area (Å²) in [6.45, 7) is 10.2. The molecule has 1 saturated carbocycles. The second-order valence-corrected chi connectivity index (χ2v) is 11.5. The van der Waals surface area contributed by atoms with Crippen molar-refractivity contribution in [3.8, 4) is 6.01 Å². The molecule has 1 aromatic heterocycles. The fraction of sp³-hybridized carbons (Fsp3) is 0.880. The fourth-order valence-corrected chi connectivity index (χ4v) is 5.77. The molecule has 5 aliphatic rings. The van der Waals surface area contributed by atoms with Crippen molar-refractivity contribution in [2.45, 2.75) is 108 Å². The number of aliphatic hydroxyl groups excluding tert-OH is 1. The van der Waals surface area contributed by atoms with Gasteiger partial charge in [-0.1, -0.05) is 0 Å². The smallest absolute Gasteiger partial charge is 0.323 e. The van der Waals surface area contributed by atoms with E-state index >= 15 is 0 Å². The Hall–Kier alpha value is -1.87. The number of ether oxygens (including phenoxy) is 7. The van der Waals surface area contributed by atoms with Crippen LogP contribution in [0.5, 0.6) is 6.01 Å². The van der Waals surface area contributed by atoms with Crippen LogP contribution in [0.2, 0.25) is 0 Å². The zero-order valence-corrected chi connectivity index (χ0v) is 22.5. The molecule has 5 heterocycles. The monoisotopic (exact) mass is 537 g/mol. The predicted molar refractivity (Wildman–Crippen MR) is 133 cm³/mol. The first-order valence-corrected chi connectivity index (χ1v) is 13.7. The van der Waals surface area contributed by atoms with Crippen LogP contribution in [0.25, 0.3) is 0 Å². The third kappa shape index (κ3) is 5.69. The summed E-state index contributed by atoms with van der Waals surface area (Å²) in [5.41, 5.74) is 0. The highest BCUT2D eigenvalue weighted by Gasteiger charge is 2.60. The lowest BCUT2D eigenvalue weighted by Crippen LogP contribution is -2.56. The highest BCUT2D eigenvalue weighted by Crippen LogP contribution is 2.44. The van der Waals surface area contributed by atoms with E-state index in [9.17, 15) is 5.11 Å². The summed E-state index contributed by atoms with van der Waals surface area (Å²) in [6, 6.07) is 0.379. The Morgan fingerprint density at radius 3 is 2.34 bits per heavy atom. The Morgan fingerprint density at radius 2 is 1.58 bits per heavy atom. The van der Waals surface area contributed by atoms with Gasteiger partial charge >= 0.3 is 6.01 Å². The summed E-state index contributed by atoms with van der Waals surface area (Å²) in [5.74, 6) is -0.585. The normalized spacial score (nSPS) is 37.9. The van der Waals surface area contributed by atoms with Gasteiger partial charge in [0.05, 0.1) is 19.3 Å². The standard InChI is InChI=1S/C25H39N5O8/c1-24(2)35-17-16(34-20-19(18(17)36-24)37-25(3,4)38-20)13-33-23-28-21(26-14-5-7-15(31)8-6-14)27-22(29-23)30-9-11-32-12-10-30/h14-20,31H,5-13H2,1-4H3,(H,26,27,28,29)/t14?,15?,16-,17+,18+,19-,20-/m1/s1. The van der Waals surface area contributed by atoms with Crippen LogP contribution >= 0.6 is 0 Å². The predicted octanol–water partition coefficient (Wildman–Crippen LogP) is 1.20. The lowest BCUT2D eigenvalue weighted by Gasteiger charge is -2.36. The molecular weight excluding hydrogens is 498 g/mol. The van der Waals surface area contributed by atoms with Crippen LogP contribution in [-0.4, -0.2) is 107 Å². The first-order chi connectivity index (χ1) is 18.1. The number of hydrogen-bond donors (Lipinski definition) is 2. The van der Waals surface area contributed by atoms with Crippen LogP contribution in [0.1, 0.15) is 53.4 Å². The van der Waals surface area contributed by atoms with Crippen LogP contribution in [0.15, 0.2) is 0 Å². The molecule has 212 valence electrons. The molecule has 4 saturated heterocycles. The van der Waals surface area contributed by atoms with Gasteiger partial charge in [0.25, 0.3) is 0 Å². The first kappa shape index (κ1) is 26.4. The van der Waals surface area contributed by atoms with Crippen molar-refractivity contribution in [2.75, 3.05) is 43.1 Å². The van der Waals surface area contributed by atoms with E-state index in [-0.39, 0.29) is 30.9 Å². The van der Waals surface area contributed by atoms with Gasteiger partial charge < -0.3 is 48.5 Å². The lowest BCUT2D eigenvalue weighted by atomic mass is 9.93.